The van der Waals surface area contributed by atoms with E-state index in [0.29, 0.717) is 10.8 Å². The van der Waals surface area contributed by atoms with Crippen LogP contribution in [0, 0.1) is 34.5 Å². The zero-order chi connectivity index (χ0) is 19.0. The van der Waals surface area contributed by atoms with Gasteiger partial charge < -0.3 is 9.47 Å². The van der Waals surface area contributed by atoms with Gasteiger partial charge in [-0.05, 0) is 112 Å². The smallest absolute Gasteiger partial charge is 0.0697 e. The van der Waals surface area contributed by atoms with Crippen molar-refractivity contribution >= 4 is 0 Å². The summed E-state index contributed by atoms with van der Waals surface area (Å²) in [5.41, 5.74) is 1.38. The summed E-state index contributed by atoms with van der Waals surface area (Å²) in [6.07, 6.45) is 20.8. The van der Waals surface area contributed by atoms with E-state index >= 15 is 0 Å². The highest BCUT2D eigenvalue weighted by Gasteiger charge is 2.70. The molecule has 0 N–H and O–H groups in total. The van der Waals surface area contributed by atoms with Gasteiger partial charge in [0.15, 0.2) is 0 Å². The van der Waals surface area contributed by atoms with Gasteiger partial charge >= 0.3 is 0 Å². The fourth-order valence-electron chi connectivity index (χ4n) is 10.4. The lowest BCUT2D eigenvalue weighted by Gasteiger charge is -2.73. The van der Waals surface area contributed by atoms with Crippen molar-refractivity contribution in [3.63, 3.8) is 0 Å². The summed E-state index contributed by atoms with van der Waals surface area (Å²) >= 11 is 0. The van der Waals surface area contributed by atoms with Crippen LogP contribution >= 0.6 is 0 Å². The van der Waals surface area contributed by atoms with E-state index in [1.54, 1.807) is 0 Å². The van der Waals surface area contributed by atoms with E-state index in [-0.39, 0.29) is 11.2 Å². The van der Waals surface area contributed by atoms with Gasteiger partial charge in [-0.2, -0.15) is 0 Å². The minimum atomic E-state index is 0.163. The molecule has 2 nitrogen and oxygen atoms in total. The molecule has 0 aromatic carbocycles. The second kappa shape index (κ2) is 5.97. The maximum Gasteiger partial charge on any atom is 0.0697 e. The van der Waals surface area contributed by atoms with Gasteiger partial charge in [0.25, 0.3) is 0 Å². The predicted octanol–water partition coefficient (Wildman–Crippen LogP) is 6.07. The number of rotatable bonds is 7. The molecule has 2 heteroatoms. The molecule has 0 aromatic rings. The average molecular weight is 383 g/mol. The molecule has 0 aliphatic heterocycles. The molecule has 8 saturated carbocycles. The normalized spacial score (nSPS) is 55.6. The highest BCUT2D eigenvalue weighted by molar-refractivity contribution is 5.21. The highest BCUT2D eigenvalue weighted by atomic mass is 16.5. The quantitative estimate of drug-likeness (QED) is 0.498. The van der Waals surface area contributed by atoms with Crippen LogP contribution in [-0.4, -0.2) is 24.4 Å². The van der Waals surface area contributed by atoms with Crippen molar-refractivity contribution in [1.82, 2.24) is 0 Å². The van der Waals surface area contributed by atoms with Crippen LogP contribution in [0.2, 0.25) is 0 Å². The minimum absolute atomic E-state index is 0.163. The summed E-state index contributed by atoms with van der Waals surface area (Å²) in [6.45, 7) is 9.35. The first-order chi connectivity index (χ1) is 13.5. The molecule has 0 spiro atoms. The van der Waals surface area contributed by atoms with Gasteiger partial charge in [-0.15, -0.1) is 13.2 Å². The van der Waals surface area contributed by atoms with Crippen molar-refractivity contribution in [2.24, 2.45) is 34.5 Å². The summed E-state index contributed by atoms with van der Waals surface area (Å²) in [5, 5.41) is 0. The zero-order valence-electron chi connectivity index (χ0n) is 17.6. The Morgan fingerprint density at radius 2 is 0.964 bits per heavy atom. The molecular weight excluding hydrogens is 344 g/mol. The topological polar surface area (TPSA) is 18.5 Å². The molecular formula is C26H38O2. The maximum atomic E-state index is 6.61. The first-order valence-corrected chi connectivity index (χ1v) is 12.0. The van der Waals surface area contributed by atoms with Crippen LogP contribution in [0.3, 0.4) is 0 Å². The molecule has 8 aliphatic carbocycles. The lowest BCUT2D eigenvalue weighted by Crippen LogP contribution is -2.68. The van der Waals surface area contributed by atoms with Crippen molar-refractivity contribution in [2.45, 2.75) is 88.3 Å². The van der Waals surface area contributed by atoms with Crippen LogP contribution in [-0.2, 0) is 9.47 Å². The van der Waals surface area contributed by atoms with Crippen molar-refractivity contribution in [1.29, 1.82) is 0 Å². The third-order valence-electron chi connectivity index (χ3n) is 10.2. The van der Waals surface area contributed by atoms with Crippen LogP contribution in [0.15, 0.2) is 25.3 Å². The van der Waals surface area contributed by atoms with Gasteiger partial charge in [0.2, 0.25) is 0 Å². The first kappa shape index (κ1) is 18.2. The van der Waals surface area contributed by atoms with E-state index in [1.165, 1.54) is 77.0 Å². The maximum absolute atomic E-state index is 6.61. The Balaban J connectivity index is 1.37. The summed E-state index contributed by atoms with van der Waals surface area (Å²) in [4.78, 5) is 0. The number of hydrogen-bond donors (Lipinski definition) is 0. The van der Waals surface area contributed by atoms with Gasteiger partial charge in [-0.1, -0.05) is 12.2 Å². The summed E-state index contributed by atoms with van der Waals surface area (Å²) in [7, 11) is 0. The molecule has 28 heavy (non-hydrogen) atoms. The molecule has 8 rings (SSSR count). The fourth-order valence-corrected chi connectivity index (χ4v) is 10.4. The second-order valence-corrected chi connectivity index (χ2v) is 12.0. The Bertz CT molecular complexity index is 592. The molecule has 0 aromatic heterocycles. The lowest BCUT2D eigenvalue weighted by atomic mass is 9.34. The molecule has 4 unspecified atom stereocenters. The van der Waals surface area contributed by atoms with Gasteiger partial charge in [0.05, 0.1) is 24.4 Å². The molecule has 0 saturated heterocycles. The minimum Gasteiger partial charge on any atom is -0.371 e. The second-order valence-electron chi connectivity index (χ2n) is 12.0. The third-order valence-corrected chi connectivity index (χ3v) is 10.2. The van der Waals surface area contributed by atoms with E-state index in [0.717, 1.165) is 36.9 Å². The monoisotopic (exact) mass is 382 g/mol. The number of ether oxygens (including phenoxy) is 2. The Morgan fingerprint density at radius 3 is 1.29 bits per heavy atom. The summed E-state index contributed by atoms with van der Waals surface area (Å²) in [5.74, 6) is 3.63. The molecule has 8 bridgehead atoms. The van der Waals surface area contributed by atoms with Crippen molar-refractivity contribution < 1.29 is 9.47 Å². The van der Waals surface area contributed by atoms with E-state index in [9.17, 15) is 0 Å². The number of hydrogen-bond acceptors (Lipinski definition) is 2. The first-order valence-electron chi connectivity index (χ1n) is 12.0. The van der Waals surface area contributed by atoms with Crippen LogP contribution in [0.5, 0.6) is 0 Å². The fraction of sp³-hybridized carbons (Fsp3) is 0.846. The largest absolute Gasteiger partial charge is 0.371 e. The average Bonchev–Trinajstić information content (AvgIpc) is 2.63. The zero-order valence-corrected chi connectivity index (χ0v) is 17.6. The Morgan fingerprint density at radius 1 is 0.607 bits per heavy atom. The Kier molecular flexibility index (Phi) is 3.88. The van der Waals surface area contributed by atoms with E-state index in [2.05, 4.69) is 13.2 Å². The van der Waals surface area contributed by atoms with Gasteiger partial charge in [-0.3, -0.25) is 0 Å². The van der Waals surface area contributed by atoms with Crippen LogP contribution in [0.1, 0.15) is 77.0 Å². The Labute approximate surface area is 171 Å². The standard InChI is InChI=1S/C26H38O2/c1-3-5-27-25-13-19-7-20(14-25)10-23(9-19,17-25)24-11-21-8-22(12-24)16-26(15-21,18-24)28-6-4-2/h3-4,19-22H,1-2,5-18H2. The molecule has 8 fully saturated rings. The van der Waals surface area contributed by atoms with Crippen LogP contribution < -0.4 is 0 Å². The predicted molar refractivity (Wildman–Crippen MR) is 112 cm³/mol. The van der Waals surface area contributed by atoms with Crippen molar-refractivity contribution in [3.8, 4) is 0 Å². The van der Waals surface area contributed by atoms with Gasteiger partial charge in [0, 0.05) is 0 Å². The molecule has 0 amide bonds. The molecule has 0 radical (unpaired) electrons. The van der Waals surface area contributed by atoms with E-state index in [1.807, 2.05) is 12.2 Å². The van der Waals surface area contributed by atoms with Crippen molar-refractivity contribution in [2.75, 3.05) is 13.2 Å². The van der Waals surface area contributed by atoms with Crippen molar-refractivity contribution in [3.05, 3.63) is 25.3 Å². The lowest BCUT2D eigenvalue weighted by molar-refractivity contribution is -0.278. The van der Waals surface area contributed by atoms with Crippen LogP contribution in [0.4, 0.5) is 0 Å². The van der Waals surface area contributed by atoms with Gasteiger partial charge in [-0.25, -0.2) is 0 Å². The van der Waals surface area contributed by atoms with Gasteiger partial charge in [0.1, 0.15) is 0 Å². The molecule has 4 atom stereocenters. The van der Waals surface area contributed by atoms with E-state index < -0.39 is 0 Å². The van der Waals surface area contributed by atoms with E-state index in [4.69, 9.17) is 9.47 Å². The molecule has 154 valence electrons. The molecule has 0 heterocycles. The third kappa shape index (κ3) is 2.46. The SMILES string of the molecule is C=CCOC12CC3CC(C1)CC(C14CC5CC(CC(OCC=C)(C5)C1)C4)(C3)C2. The highest BCUT2D eigenvalue weighted by Crippen LogP contribution is 2.76. The molecule has 8 aliphatic rings. The summed E-state index contributed by atoms with van der Waals surface area (Å²) < 4.78 is 13.2. The van der Waals surface area contributed by atoms with Crippen LogP contribution in [0.25, 0.3) is 0 Å². The summed E-state index contributed by atoms with van der Waals surface area (Å²) in [6, 6.07) is 0. The Hall–Kier alpha value is -0.600.